The zero-order chi connectivity index (χ0) is 17.8. The maximum absolute atomic E-state index is 10.9. The minimum atomic E-state index is -4.08. The van der Waals surface area contributed by atoms with Crippen LogP contribution in [0.5, 0.6) is 5.75 Å². The Kier molecular flexibility index (Phi) is 5.94. The Morgan fingerprint density at radius 2 is 1.70 bits per heavy atom. The average molecular weight is 339 g/mol. The minimum Gasteiger partial charge on any atom is -0.495 e. The number of nitrogens with one attached hydrogen (secondary N) is 1. The molecule has 0 amide bonds. The number of aryl methyl sites for hydroxylation is 3. The summed E-state index contributed by atoms with van der Waals surface area (Å²) in [6.45, 7) is 5.22. The molecule has 0 fully saturated rings. The van der Waals surface area contributed by atoms with Crippen molar-refractivity contribution in [3.05, 3.63) is 52.6 Å². The molecule has 0 bridgehead atoms. The Morgan fingerprint density at radius 1 is 1.17 bits per heavy atom. The summed E-state index contributed by atoms with van der Waals surface area (Å²) in [4.78, 5) is 0.0260. The first-order valence-corrected chi connectivity index (χ1v) is 8.12. The van der Waals surface area contributed by atoms with E-state index in [1.807, 2.05) is 6.92 Å². The molecule has 23 heavy (non-hydrogen) atoms. The summed E-state index contributed by atoms with van der Waals surface area (Å²) in [6.07, 6.45) is 1.54. The molecule has 126 valence electrons. The van der Waals surface area contributed by atoms with Crippen LogP contribution in [-0.4, -0.2) is 24.8 Å². The first kappa shape index (κ1) is 18.7. The van der Waals surface area contributed by atoms with Crippen LogP contribution in [0.15, 0.2) is 35.4 Å². The van der Waals surface area contributed by atoms with Crippen LogP contribution in [0.3, 0.4) is 0 Å². The molecular formula is C15H21N3O4S. The number of nitrogen functional groups attached to an aromatic ring is 1. The number of ether oxygens (including phenoxy) is 1. The Morgan fingerprint density at radius 3 is 2.09 bits per heavy atom. The number of benzene rings is 1. The minimum absolute atomic E-state index is 0.0260. The second kappa shape index (κ2) is 7.30. The Bertz CT molecular complexity index is 834. The first-order valence-electron chi connectivity index (χ1n) is 6.68. The molecule has 2 aromatic rings. The smallest absolute Gasteiger partial charge is 0.295 e. The Labute approximate surface area is 135 Å². The van der Waals surface area contributed by atoms with Crippen molar-refractivity contribution >= 4 is 10.1 Å². The highest BCUT2D eigenvalue weighted by Crippen LogP contribution is 2.20. The fourth-order valence-electron chi connectivity index (χ4n) is 2.19. The predicted octanol–water partition coefficient (Wildman–Crippen LogP) is 1.55. The fraction of sp³-hybridized carbons (Fsp3) is 0.267. The van der Waals surface area contributed by atoms with Gasteiger partial charge in [-0.1, -0.05) is 17.7 Å². The molecule has 0 saturated heterocycles. The van der Waals surface area contributed by atoms with Crippen LogP contribution in [0.4, 0.5) is 0 Å². The number of pyridine rings is 1. The maximum atomic E-state index is 10.9. The summed E-state index contributed by atoms with van der Waals surface area (Å²) >= 11 is 0. The third-order valence-electron chi connectivity index (χ3n) is 3.05. The van der Waals surface area contributed by atoms with Crippen molar-refractivity contribution in [3.63, 3.8) is 0 Å². The maximum Gasteiger partial charge on any atom is 0.295 e. The molecular weight excluding hydrogens is 318 g/mol. The largest absolute Gasteiger partial charge is 0.495 e. The van der Waals surface area contributed by atoms with Gasteiger partial charge in [0.25, 0.3) is 10.1 Å². The lowest BCUT2D eigenvalue weighted by atomic mass is 10.1. The van der Waals surface area contributed by atoms with E-state index in [1.54, 1.807) is 51.4 Å². The standard InChI is InChI=1S/C9H12O3S.C6H9N3O/c1-6-4-7(2)9(8(3)5-6)13(10,11)12;1-10-5-2-3-6(7)9(8)4-5/h4-5H,1-3H3,(H,10,11,12);2-4,7H,8H2,1H3. The number of nitrogens with two attached hydrogens (primary N) is 1. The van der Waals surface area contributed by atoms with E-state index in [-0.39, 0.29) is 10.4 Å². The molecule has 0 saturated carbocycles. The van der Waals surface area contributed by atoms with Crippen molar-refractivity contribution in [2.45, 2.75) is 25.7 Å². The summed E-state index contributed by atoms with van der Waals surface area (Å²) in [5, 5.41) is 7.17. The Hall–Kier alpha value is -2.32. The van der Waals surface area contributed by atoms with Crippen molar-refractivity contribution in [2.75, 3.05) is 13.0 Å². The summed E-state index contributed by atoms with van der Waals surface area (Å²) in [5.41, 5.74) is 2.41. The van der Waals surface area contributed by atoms with Crippen molar-refractivity contribution in [1.29, 1.82) is 5.41 Å². The number of hydrogen-bond donors (Lipinski definition) is 3. The van der Waals surface area contributed by atoms with E-state index in [9.17, 15) is 8.42 Å². The normalized spacial score (nSPS) is 10.7. The van der Waals surface area contributed by atoms with E-state index in [0.717, 1.165) is 5.56 Å². The number of rotatable bonds is 2. The molecule has 0 aliphatic carbocycles. The molecule has 1 aromatic heterocycles. The van der Waals surface area contributed by atoms with E-state index in [1.165, 1.54) is 4.68 Å². The number of methoxy groups -OCH3 is 1. The molecule has 0 atom stereocenters. The van der Waals surface area contributed by atoms with Crippen LogP contribution in [0.25, 0.3) is 0 Å². The summed E-state index contributed by atoms with van der Waals surface area (Å²) in [6, 6.07) is 6.72. The van der Waals surface area contributed by atoms with E-state index >= 15 is 0 Å². The van der Waals surface area contributed by atoms with E-state index < -0.39 is 10.1 Å². The first-order chi connectivity index (χ1) is 10.6. The van der Waals surface area contributed by atoms with Gasteiger partial charge in [-0.05, 0) is 44.0 Å². The zero-order valence-corrected chi connectivity index (χ0v) is 14.3. The van der Waals surface area contributed by atoms with Gasteiger partial charge in [0, 0.05) is 0 Å². The van der Waals surface area contributed by atoms with Crippen LogP contribution in [0.1, 0.15) is 16.7 Å². The van der Waals surface area contributed by atoms with Gasteiger partial charge in [0.15, 0.2) is 0 Å². The van der Waals surface area contributed by atoms with Gasteiger partial charge in [0.05, 0.1) is 18.2 Å². The van der Waals surface area contributed by atoms with Gasteiger partial charge in [-0.25, -0.2) is 4.68 Å². The van der Waals surface area contributed by atoms with Crippen LogP contribution >= 0.6 is 0 Å². The predicted molar refractivity (Wildman–Crippen MR) is 87.5 cm³/mol. The van der Waals surface area contributed by atoms with Crippen molar-refractivity contribution in [1.82, 2.24) is 4.68 Å². The lowest BCUT2D eigenvalue weighted by molar-refractivity contribution is 0.410. The highest BCUT2D eigenvalue weighted by atomic mass is 32.2. The zero-order valence-electron chi connectivity index (χ0n) is 13.5. The Balaban J connectivity index is 0.000000238. The quantitative estimate of drug-likeness (QED) is 0.566. The topological polar surface area (TPSA) is 118 Å². The molecule has 0 unspecified atom stereocenters. The third-order valence-corrected chi connectivity index (χ3v) is 4.21. The molecule has 1 aromatic carbocycles. The van der Waals surface area contributed by atoms with Gasteiger partial charge >= 0.3 is 0 Å². The van der Waals surface area contributed by atoms with Gasteiger partial charge < -0.3 is 10.6 Å². The van der Waals surface area contributed by atoms with Crippen molar-refractivity contribution in [3.8, 4) is 5.75 Å². The van der Waals surface area contributed by atoms with E-state index in [4.69, 9.17) is 20.5 Å². The lowest BCUT2D eigenvalue weighted by Gasteiger charge is -2.07. The number of hydrogen-bond acceptors (Lipinski definition) is 5. The van der Waals surface area contributed by atoms with Gasteiger partial charge in [-0.15, -0.1) is 0 Å². The molecule has 0 radical (unpaired) electrons. The van der Waals surface area contributed by atoms with E-state index in [0.29, 0.717) is 16.9 Å². The van der Waals surface area contributed by atoms with Crippen LogP contribution < -0.4 is 16.1 Å². The lowest BCUT2D eigenvalue weighted by Crippen LogP contribution is -2.25. The molecule has 4 N–H and O–H groups in total. The summed E-state index contributed by atoms with van der Waals surface area (Å²) < 4.78 is 36.9. The van der Waals surface area contributed by atoms with Gasteiger partial charge in [0.2, 0.25) is 0 Å². The van der Waals surface area contributed by atoms with Crippen LogP contribution in [0, 0.1) is 26.2 Å². The molecule has 8 heteroatoms. The molecule has 0 aliphatic heterocycles. The third kappa shape index (κ3) is 5.11. The van der Waals surface area contributed by atoms with Gasteiger partial charge in [-0.3, -0.25) is 9.96 Å². The second-order valence-corrected chi connectivity index (χ2v) is 6.42. The summed E-state index contributed by atoms with van der Waals surface area (Å²) in [5.74, 6) is 6.00. The van der Waals surface area contributed by atoms with Crippen molar-refractivity contribution in [2.24, 2.45) is 0 Å². The van der Waals surface area contributed by atoms with Gasteiger partial charge in [-0.2, -0.15) is 8.42 Å². The molecule has 2 rings (SSSR count). The fourth-order valence-corrected chi connectivity index (χ4v) is 3.12. The van der Waals surface area contributed by atoms with Gasteiger partial charge in [0.1, 0.15) is 11.2 Å². The SMILES string of the molecule is COc1ccc(=N)n(N)c1.Cc1cc(C)c(S(=O)(=O)O)c(C)c1. The second-order valence-electron chi connectivity index (χ2n) is 5.06. The molecule has 0 aliphatic rings. The number of nitrogens with zero attached hydrogens (tertiary/aromatic N) is 1. The molecule has 7 nitrogen and oxygen atoms in total. The highest BCUT2D eigenvalue weighted by molar-refractivity contribution is 7.86. The summed E-state index contributed by atoms with van der Waals surface area (Å²) in [7, 11) is -2.53. The monoisotopic (exact) mass is 339 g/mol. The van der Waals surface area contributed by atoms with Crippen molar-refractivity contribution < 1.29 is 17.7 Å². The van der Waals surface area contributed by atoms with Crippen LogP contribution in [-0.2, 0) is 10.1 Å². The van der Waals surface area contributed by atoms with Crippen LogP contribution in [0.2, 0.25) is 0 Å². The number of aromatic nitrogens is 1. The average Bonchev–Trinajstić information content (AvgIpc) is 2.39. The highest BCUT2D eigenvalue weighted by Gasteiger charge is 2.15. The molecule has 0 spiro atoms. The molecule has 1 heterocycles. The van der Waals surface area contributed by atoms with E-state index in [2.05, 4.69) is 0 Å².